The summed E-state index contributed by atoms with van der Waals surface area (Å²) in [6.07, 6.45) is 1.49. The van der Waals surface area contributed by atoms with E-state index in [2.05, 4.69) is 4.85 Å². The highest BCUT2D eigenvalue weighted by atomic mass is 35.6. The Morgan fingerprint density at radius 3 is 2.44 bits per heavy atom. The lowest BCUT2D eigenvalue weighted by molar-refractivity contribution is -0.139. The van der Waals surface area contributed by atoms with Crippen LogP contribution in [-0.2, 0) is 9.53 Å². The fourth-order valence-corrected chi connectivity index (χ4v) is 0.976. The number of hydrogen-bond donors (Lipinski definition) is 1. The summed E-state index contributed by atoms with van der Waals surface area (Å²) in [5.74, 6) is -1.92. The van der Waals surface area contributed by atoms with Crippen molar-refractivity contribution in [1.82, 2.24) is 0 Å². The Morgan fingerprint density at radius 2 is 2.06 bits per heavy atom. The van der Waals surface area contributed by atoms with Crippen molar-refractivity contribution in [2.75, 3.05) is 6.61 Å². The molecule has 16 heavy (non-hydrogen) atoms. The van der Waals surface area contributed by atoms with Crippen LogP contribution < -0.4 is 0 Å². The number of carbonyl (C=O) groups excluding carboxylic acids is 1. The maximum absolute atomic E-state index is 11.3. The van der Waals surface area contributed by atoms with Crippen molar-refractivity contribution in [1.29, 1.82) is 0 Å². The molecule has 0 rings (SSSR count). The standard InChI is InChI=1S/C9H10Cl3NO3/c1-3-4-5-16-8(15)6(13-2)7(14)9(10,11)12/h14H,3-5H2,1H3/b7-6+. The fraction of sp³-hybridized carbons (Fsp3) is 0.556. The van der Waals surface area contributed by atoms with Crippen molar-refractivity contribution >= 4 is 40.8 Å². The van der Waals surface area contributed by atoms with E-state index in [0.29, 0.717) is 6.42 Å². The van der Waals surface area contributed by atoms with Crippen molar-refractivity contribution in [3.63, 3.8) is 0 Å². The van der Waals surface area contributed by atoms with Crippen LogP contribution in [0.25, 0.3) is 4.85 Å². The van der Waals surface area contributed by atoms with Crippen LogP contribution in [0.3, 0.4) is 0 Å². The van der Waals surface area contributed by atoms with Crippen LogP contribution in [0.2, 0.25) is 0 Å². The number of ether oxygens (including phenoxy) is 1. The molecule has 0 aliphatic heterocycles. The highest BCUT2D eigenvalue weighted by Gasteiger charge is 2.32. The largest absolute Gasteiger partial charge is 0.519 e. The first kappa shape index (κ1) is 15.4. The van der Waals surface area contributed by atoms with E-state index in [-0.39, 0.29) is 6.61 Å². The van der Waals surface area contributed by atoms with Crippen molar-refractivity contribution in [2.24, 2.45) is 0 Å². The van der Waals surface area contributed by atoms with Gasteiger partial charge in [-0.1, -0.05) is 48.1 Å². The van der Waals surface area contributed by atoms with Crippen LogP contribution in [-0.4, -0.2) is 21.5 Å². The van der Waals surface area contributed by atoms with E-state index >= 15 is 0 Å². The first-order valence-corrected chi connectivity index (χ1v) is 5.53. The number of hydrogen-bond acceptors (Lipinski definition) is 3. The molecule has 90 valence electrons. The Balaban J connectivity index is 4.76. The number of carbonyl (C=O) groups is 1. The minimum atomic E-state index is -2.20. The number of aliphatic hydroxyl groups excluding tert-OH is 1. The van der Waals surface area contributed by atoms with Gasteiger partial charge in [-0.3, -0.25) is 4.79 Å². The van der Waals surface area contributed by atoms with E-state index in [9.17, 15) is 9.90 Å². The second-order valence-electron chi connectivity index (χ2n) is 2.80. The van der Waals surface area contributed by atoms with Crippen molar-refractivity contribution < 1.29 is 14.6 Å². The fourth-order valence-electron chi connectivity index (χ4n) is 0.707. The third kappa shape index (κ3) is 4.93. The molecule has 0 spiro atoms. The lowest BCUT2D eigenvalue weighted by Crippen LogP contribution is -2.15. The van der Waals surface area contributed by atoms with Gasteiger partial charge in [-0.05, 0) is 6.42 Å². The average Bonchev–Trinajstić information content (AvgIpc) is 2.17. The highest BCUT2D eigenvalue weighted by molar-refractivity contribution is 6.69. The number of nitrogens with zero attached hydrogens (tertiary/aromatic N) is 1. The van der Waals surface area contributed by atoms with Crippen LogP contribution in [0, 0.1) is 6.57 Å². The molecule has 0 aromatic rings. The zero-order valence-electron chi connectivity index (χ0n) is 8.47. The zero-order chi connectivity index (χ0) is 12.8. The summed E-state index contributed by atoms with van der Waals surface area (Å²) >= 11 is 16.0. The van der Waals surface area contributed by atoms with E-state index in [4.69, 9.17) is 46.1 Å². The van der Waals surface area contributed by atoms with E-state index < -0.39 is 21.2 Å². The Kier molecular flexibility index (Phi) is 6.58. The number of alkyl halides is 3. The zero-order valence-corrected chi connectivity index (χ0v) is 10.7. The lowest BCUT2D eigenvalue weighted by Gasteiger charge is -2.11. The van der Waals surface area contributed by atoms with Gasteiger partial charge < -0.3 is 9.84 Å². The Bertz CT molecular complexity index is 328. The summed E-state index contributed by atoms with van der Waals surface area (Å²) in [5, 5.41) is 9.34. The Labute approximate surface area is 109 Å². The molecular weight excluding hydrogens is 276 g/mol. The van der Waals surface area contributed by atoms with Gasteiger partial charge in [0.2, 0.25) is 3.79 Å². The van der Waals surface area contributed by atoms with Crippen LogP contribution in [0.4, 0.5) is 0 Å². The third-order valence-corrected chi connectivity index (χ3v) is 2.07. The van der Waals surface area contributed by atoms with Crippen LogP contribution in [0.5, 0.6) is 0 Å². The molecule has 1 N–H and O–H groups in total. The average molecular weight is 287 g/mol. The summed E-state index contributed by atoms with van der Waals surface area (Å²) < 4.78 is 2.50. The topological polar surface area (TPSA) is 50.9 Å². The number of aliphatic hydroxyl groups is 1. The third-order valence-electron chi connectivity index (χ3n) is 1.53. The summed E-state index contributed by atoms with van der Waals surface area (Å²) in [4.78, 5) is 14.1. The summed E-state index contributed by atoms with van der Waals surface area (Å²) in [6.45, 7) is 8.78. The number of allylic oxidation sites excluding steroid dienone is 1. The van der Waals surface area contributed by atoms with E-state index in [1.165, 1.54) is 0 Å². The smallest absolute Gasteiger partial charge is 0.340 e. The Morgan fingerprint density at radius 1 is 1.50 bits per heavy atom. The van der Waals surface area contributed by atoms with Crippen molar-refractivity contribution in [3.8, 4) is 0 Å². The summed E-state index contributed by atoms with van der Waals surface area (Å²) in [5.41, 5.74) is -0.712. The minimum Gasteiger partial charge on any atom is -0.519 e. The van der Waals surface area contributed by atoms with Crippen LogP contribution in [0.1, 0.15) is 19.8 Å². The van der Waals surface area contributed by atoms with E-state index in [1.807, 2.05) is 6.92 Å². The molecule has 0 bridgehead atoms. The van der Waals surface area contributed by atoms with Gasteiger partial charge in [0.25, 0.3) is 0 Å². The predicted molar refractivity (Wildman–Crippen MR) is 62.4 cm³/mol. The monoisotopic (exact) mass is 285 g/mol. The van der Waals surface area contributed by atoms with Gasteiger partial charge in [0.1, 0.15) is 0 Å². The maximum Gasteiger partial charge on any atom is 0.340 e. The molecule has 0 radical (unpaired) electrons. The molecule has 7 heteroatoms. The highest BCUT2D eigenvalue weighted by Crippen LogP contribution is 2.35. The predicted octanol–water partition coefficient (Wildman–Crippen LogP) is 3.39. The van der Waals surface area contributed by atoms with Gasteiger partial charge in [0, 0.05) is 0 Å². The van der Waals surface area contributed by atoms with Gasteiger partial charge in [-0.15, -0.1) is 0 Å². The van der Waals surface area contributed by atoms with Gasteiger partial charge in [-0.25, -0.2) is 4.85 Å². The maximum atomic E-state index is 11.3. The van der Waals surface area contributed by atoms with Gasteiger partial charge in [-0.2, -0.15) is 0 Å². The van der Waals surface area contributed by atoms with E-state index in [0.717, 1.165) is 6.42 Å². The van der Waals surface area contributed by atoms with Gasteiger partial charge in [0.05, 0.1) is 13.2 Å². The van der Waals surface area contributed by atoms with Crippen LogP contribution >= 0.6 is 34.8 Å². The lowest BCUT2D eigenvalue weighted by atomic mass is 10.3. The second kappa shape index (κ2) is 6.85. The molecule has 0 amide bonds. The summed E-state index contributed by atoms with van der Waals surface area (Å²) in [6, 6.07) is 0. The molecule has 0 atom stereocenters. The molecule has 0 unspecified atom stereocenters. The molecule has 0 fully saturated rings. The van der Waals surface area contributed by atoms with Crippen LogP contribution in [0.15, 0.2) is 11.5 Å². The quantitative estimate of drug-likeness (QED) is 0.215. The first-order valence-electron chi connectivity index (χ1n) is 4.39. The number of esters is 1. The minimum absolute atomic E-state index is 0.154. The molecule has 0 aliphatic rings. The van der Waals surface area contributed by atoms with E-state index in [1.54, 1.807) is 0 Å². The van der Waals surface area contributed by atoms with Crippen molar-refractivity contribution in [2.45, 2.75) is 23.6 Å². The summed E-state index contributed by atoms with van der Waals surface area (Å²) in [7, 11) is 0. The number of unbranched alkanes of at least 4 members (excludes halogenated alkanes) is 1. The molecule has 0 aliphatic carbocycles. The number of halogens is 3. The normalized spacial score (nSPS) is 12.7. The van der Waals surface area contributed by atoms with Gasteiger partial charge in [0.15, 0.2) is 5.76 Å². The molecule has 0 saturated heterocycles. The first-order chi connectivity index (χ1) is 7.34. The molecule has 0 aromatic heterocycles. The SMILES string of the molecule is [C-]#[N+]/C(C(=O)OCCCC)=C(/O)C(Cl)(Cl)Cl. The molecular formula is C9H10Cl3NO3. The van der Waals surface area contributed by atoms with Gasteiger partial charge >= 0.3 is 11.7 Å². The van der Waals surface area contributed by atoms with Crippen molar-refractivity contribution in [3.05, 3.63) is 22.9 Å². The molecule has 4 nitrogen and oxygen atoms in total. The Hall–Kier alpha value is -0.630. The molecule has 0 saturated carbocycles. The molecule has 0 heterocycles. The molecule has 0 aromatic carbocycles. The number of rotatable bonds is 4. The second-order valence-corrected chi connectivity index (χ2v) is 5.08.